The maximum absolute atomic E-state index is 11.9. The molecule has 0 aromatic heterocycles. The summed E-state index contributed by atoms with van der Waals surface area (Å²) in [5, 5.41) is 3.12. The number of carbonyl (C=O) groups excluding carboxylic acids is 1. The Morgan fingerprint density at radius 3 is 2.27 bits per heavy atom. The molecule has 3 heteroatoms. The van der Waals surface area contributed by atoms with Crippen molar-refractivity contribution < 1.29 is 4.79 Å². The van der Waals surface area contributed by atoms with Crippen LogP contribution in [-0.2, 0) is 4.79 Å². The molecule has 3 nitrogen and oxygen atoms in total. The zero-order valence-corrected chi connectivity index (χ0v) is 10.4. The first-order chi connectivity index (χ1) is 6.81. The Labute approximate surface area is 92.8 Å². The first-order valence-electron chi connectivity index (χ1n) is 5.88. The van der Waals surface area contributed by atoms with Crippen molar-refractivity contribution in [2.45, 2.75) is 65.0 Å². The summed E-state index contributed by atoms with van der Waals surface area (Å²) in [5.74, 6) is 0.00375. The Kier molecular flexibility index (Phi) is 3.44. The molecule has 1 saturated carbocycles. The maximum Gasteiger partial charge on any atom is 0.237 e. The van der Waals surface area contributed by atoms with Crippen molar-refractivity contribution in [1.82, 2.24) is 5.32 Å². The second kappa shape index (κ2) is 4.12. The van der Waals surface area contributed by atoms with Crippen LogP contribution in [-0.4, -0.2) is 17.5 Å². The van der Waals surface area contributed by atoms with E-state index in [9.17, 15) is 4.79 Å². The number of nitrogens with one attached hydrogen (secondary N) is 1. The fourth-order valence-corrected chi connectivity index (χ4v) is 1.90. The van der Waals surface area contributed by atoms with Gasteiger partial charge in [0.25, 0.3) is 0 Å². The van der Waals surface area contributed by atoms with Crippen molar-refractivity contribution in [2.24, 2.45) is 11.1 Å². The second-order valence-electron chi connectivity index (χ2n) is 5.82. The first-order valence-corrected chi connectivity index (χ1v) is 5.88. The van der Waals surface area contributed by atoms with Crippen LogP contribution in [0.2, 0.25) is 0 Å². The van der Waals surface area contributed by atoms with Gasteiger partial charge < -0.3 is 11.1 Å². The van der Waals surface area contributed by atoms with Crippen molar-refractivity contribution >= 4 is 5.91 Å². The summed E-state index contributed by atoms with van der Waals surface area (Å²) in [7, 11) is 0. The highest BCUT2D eigenvalue weighted by Gasteiger charge is 2.39. The van der Waals surface area contributed by atoms with E-state index in [1.54, 1.807) is 0 Å². The Morgan fingerprint density at radius 2 is 2.00 bits per heavy atom. The smallest absolute Gasteiger partial charge is 0.237 e. The third-order valence-electron chi connectivity index (χ3n) is 3.59. The lowest BCUT2D eigenvalue weighted by atomic mass is 9.74. The van der Waals surface area contributed by atoms with Gasteiger partial charge in [0.2, 0.25) is 5.91 Å². The fraction of sp³-hybridized carbons (Fsp3) is 0.917. The van der Waals surface area contributed by atoms with Gasteiger partial charge in [0, 0.05) is 5.54 Å². The number of rotatable bonds is 3. The minimum absolute atomic E-state index is 0.00375. The normalized spacial score (nSPS) is 21.7. The van der Waals surface area contributed by atoms with E-state index in [1.807, 2.05) is 20.8 Å². The van der Waals surface area contributed by atoms with Gasteiger partial charge in [0.15, 0.2) is 0 Å². The van der Waals surface area contributed by atoms with Gasteiger partial charge in [-0.1, -0.05) is 27.7 Å². The molecule has 1 aliphatic carbocycles. The summed E-state index contributed by atoms with van der Waals surface area (Å²) >= 11 is 0. The van der Waals surface area contributed by atoms with Gasteiger partial charge >= 0.3 is 0 Å². The van der Waals surface area contributed by atoms with Crippen LogP contribution in [0, 0.1) is 5.41 Å². The van der Waals surface area contributed by atoms with Gasteiger partial charge in [-0.25, -0.2) is 0 Å². The highest BCUT2D eigenvalue weighted by Crippen LogP contribution is 2.35. The zero-order valence-electron chi connectivity index (χ0n) is 10.4. The molecule has 1 aliphatic rings. The van der Waals surface area contributed by atoms with E-state index in [1.165, 1.54) is 6.42 Å². The van der Waals surface area contributed by atoms with Crippen molar-refractivity contribution in [1.29, 1.82) is 0 Å². The van der Waals surface area contributed by atoms with Crippen LogP contribution in [0.5, 0.6) is 0 Å². The van der Waals surface area contributed by atoms with Crippen LogP contribution in [0.3, 0.4) is 0 Å². The molecule has 0 radical (unpaired) electrons. The third kappa shape index (κ3) is 2.71. The molecule has 1 atom stereocenters. The van der Waals surface area contributed by atoms with E-state index in [0.29, 0.717) is 0 Å². The maximum atomic E-state index is 11.9. The number of hydrogen-bond acceptors (Lipinski definition) is 2. The molecule has 0 spiro atoms. The summed E-state index contributed by atoms with van der Waals surface area (Å²) in [5.41, 5.74) is 5.81. The average Bonchev–Trinajstić information content (AvgIpc) is 2.08. The fourth-order valence-electron chi connectivity index (χ4n) is 1.90. The number of nitrogens with two attached hydrogens (primary N) is 1. The van der Waals surface area contributed by atoms with Gasteiger partial charge in [-0.3, -0.25) is 4.79 Å². The molecule has 0 saturated heterocycles. The summed E-state index contributed by atoms with van der Waals surface area (Å²) in [6.07, 6.45) is 4.44. The Bertz CT molecular complexity index is 233. The highest BCUT2D eigenvalue weighted by molar-refractivity contribution is 5.83. The monoisotopic (exact) mass is 212 g/mol. The SMILES string of the molecule is CCC1(NC(=O)C(N)C(C)(C)C)CCC1. The summed E-state index contributed by atoms with van der Waals surface area (Å²) in [4.78, 5) is 11.9. The molecule has 1 unspecified atom stereocenters. The minimum Gasteiger partial charge on any atom is -0.349 e. The molecule has 3 N–H and O–H groups in total. The number of hydrogen-bond donors (Lipinski definition) is 2. The van der Waals surface area contributed by atoms with Crippen molar-refractivity contribution in [3.8, 4) is 0 Å². The van der Waals surface area contributed by atoms with Gasteiger partial charge in [0.1, 0.15) is 0 Å². The molecule has 15 heavy (non-hydrogen) atoms. The Morgan fingerprint density at radius 1 is 1.47 bits per heavy atom. The Balaban J connectivity index is 2.55. The van der Waals surface area contributed by atoms with Gasteiger partial charge in [-0.05, 0) is 31.1 Å². The summed E-state index contributed by atoms with van der Waals surface area (Å²) in [6.45, 7) is 8.12. The van der Waals surface area contributed by atoms with E-state index >= 15 is 0 Å². The molecule has 0 aliphatic heterocycles. The molecule has 0 heterocycles. The number of amides is 1. The average molecular weight is 212 g/mol. The van der Waals surface area contributed by atoms with E-state index in [0.717, 1.165) is 19.3 Å². The quantitative estimate of drug-likeness (QED) is 0.749. The molecule has 0 aromatic rings. The topological polar surface area (TPSA) is 55.1 Å². The lowest BCUT2D eigenvalue weighted by molar-refractivity contribution is -0.127. The van der Waals surface area contributed by atoms with Crippen LogP contribution < -0.4 is 11.1 Å². The predicted molar refractivity (Wildman–Crippen MR) is 62.4 cm³/mol. The third-order valence-corrected chi connectivity index (χ3v) is 3.59. The van der Waals surface area contributed by atoms with Gasteiger partial charge in [-0.15, -0.1) is 0 Å². The van der Waals surface area contributed by atoms with Gasteiger partial charge in [0.05, 0.1) is 6.04 Å². The molecule has 1 amide bonds. The van der Waals surface area contributed by atoms with Crippen LogP contribution in [0.25, 0.3) is 0 Å². The van der Waals surface area contributed by atoms with E-state index in [4.69, 9.17) is 5.73 Å². The molecule has 0 bridgehead atoms. The standard InChI is InChI=1S/C12H24N2O/c1-5-12(7-6-8-12)14-10(15)9(13)11(2,3)4/h9H,5-8,13H2,1-4H3,(H,14,15). The highest BCUT2D eigenvalue weighted by atomic mass is 16.2. The predicted octanol–water partition coefficient (Wildman–Crippen LogP) is 1.81. The Hall–Kier alpha value is -0.570. The minimum atomic E-state index is -0.415. The van der Waals surface area contributed by atoms with Crippen LogP contribution in [0.15, 0.2) is 0 Å². The van der Waals surface area contributed by atoms with Crippen LogP contribution in [0.4, 0.5) is 0 Å². The zero-order chi connectivity index (χ0) is 11.7. The van der Waals surface area contributed by atoms with E-state index in [2.05, 4.69) is 12.2 Å². The number of carbonyl (C=O) groups is 1. The van der Waals surface area contributed by atoms with Crippen molar-refractivity contribution in [3.05, 3.63) is 0 Å². The molecular formula is C12H24N2O. The largest absolute Gasteiger partial charge is 0.349 e. The van der Waals surface area contributed by atoms with E-state index < -0.39 is 6.04 Å². The van der Waals surface area contributed by atoms with Crippen molar-refractivity contribution in [3.63, 3.8) is 0 Å². The lowest BCUT2D eigenvalue weighted by Crippen LogP contribution is -2.59. The van der Waals surface area contributed by atoms with Crippen LogP contribution in [0.1, 0.15) is 53.4 Å². The molecule has 88 valence electrons. The molecule has 1 fully saturated rings. The molecule has 1 rings (SSSR count). The van der Waals surface area contributed by atoms with Gasteiger partial charge in [-0.2, -0.15) is 0 Å². The van der Waals surface area contributed by atoms with Crippen molar-refractivity contribution in [2.75, 3.05) is 0 Å². The molecular weight excluding hydrogens is 188 g/mol. The molecule has 0 aromatic carbocycles. The van der Waals surface area contributed by atoms with Crippen LogP contribution >= 0.6 is 0 Å². The first kappa shape index (κ1) is 12.5. The van der Waals surface area contributed by atoms with E-state index in [-0.39, 0.29) is 16.9 Å². The summed E-state index contributed by atoms with van der Waals surface area (Å²) in [6, 6.07) is -0.415. The second-order valence-corrected chi connectivity index (χ2v) is 5.82. The lowest BCUT2D eigenvalue weighted by Gasteiger charge is -2.43. The summed E-state index contributed by atoms with van der Waals surface area (Å²) < 4.78 is 0.